The van der Waals surface area contributed by atoms with E-state index in [9.17, 15) is 0 Å². The Balaban J connectivity index is 1.75. The summed E-state index contributed by atoms with van der Waals surface area (Å²) in [4.78, 5) is 2.44. The lowest BCUT2D eigenvalue weighted by molar-refractivity contribution is 0.144. The molecule has 0 radical (unpaired) electrons. The van der Waals surface area contributed by atoms with Crippen LogP contribution >= 0.6 is 0 Å². The van der Waals surface area contributed by atoms with E-state index >= 15 is 0 Å². The van der Waals surface area contributed by atoms with E-state index in [2.05, 4.69) is 17.3 Å². The first-order valence-electron chi connectivity index (χ1n) is 6.30. The quantitative estimate of drug-likeness (QED) is 0.556. The summed E-state index contributed by atoms with van der Waals surface area (Å²) in [6.45, 7) is 8.42. The molecule has 0 aliphatic heterocycles. The van der Waals surface area contributed by atoms with Crippen molar-refractivity contribution in [1.82, 2.24) is 10.2 Å². The Morgan fingerprint density at radius 3 is 2.80 bits per heavy atom. The highest BCUT2D eigenvalue weighted by Crippen LogP contribution is 2.29. The van der Waals surface area contributed by atoms with Gasteiger partial charge in [0.25, 0.3) is 0 Å². The highest BCUT2D eigenvalue weighted by molar-refractivity contribution is 4.76. The van der Waals surface area contributed by atoms with Gasteiger partial charge >= 0.3 is 0 Å². The molecule has 1 rings (SSSR count). The minimum absolute atomic E-state index is 0.837. The molecule has 0 spiro atoms. The maximum atomic E-state index is 5.27. The number of hydrogen-bond acceptors (Lipinski definition) is 3. The molecule has 0 amide bonds. The molecule has 0 saturated heterocycles. The zero-order chi connectivity index (χ0) is 10.9. The fraction of sp³-hybridized carbons (Fsp3) is 1.00. The Morgan fingerprint density at radius 1 is 1.33 bits per heavy atom. The average molecular weight is 214 g/mol. The van der Waals surface area contributed by atoms with Crippen molar-refractivity contribution in [2.45, 2.75) is 26.2 Å². The standard InChI is InChI=1S/C12H26N2O/c1-3-15-10-4-7-13-8-9-14(2)11-12-5-6-12/h12-13H,3-11H2,1-2H3. The molecule has 1 aliphatic carbocycles. The predicted octanol–water partition coefficient (Wildman–Crippen LogP) is 1.34. The summed E-state index contributed by atoms with van der Waals surface area (Å²) in [7, 11) is 2.22. The normalized spacial score (nSPS) is 16.2. The highest BCUT2D eigenvalue weighted by Gasteiger charge is 2.22. The van der Waals surface area contributed by atoms with Crippen LogP contribution in [0, 0.1) is 5.92 Å². The van der Waals surface area contributed by atoms with Crippen LogP contribution in [0.25, 0.3) is 0 Å². The van der Waals surface area contributed by atoms with E-state index in [0.717, 1.165) is 38.6 Å². The maximum Gasteiger partial charge on any atom is 0.0477 e. The molecule has 3 heteroatoms. The number of likely N-dealkylation sites (N-methyl/N-ethyl adjacent to an activating group) is 1. The molecule has 0 bridgehead atoms. The van der Waals surface area contributed by atoms with Crippen molar-refractivity contribution >= 4 is 0 Å². The van der Waals surface area contributed by atoms with Crippen molar-refractivity contribution in [3.63, 3.8) is 0 Å². The lowest BCUT2D eigenvalue weighted by atomic mass is 10.4. The van der Waals surface area contributed by atoms with Gasteiger partial charge in [-0.15, -0.1) is 0 Å². The van der Waals surface area contributed by atoms with Crippen LogP contribution in [-0.4, -0.2) is 51.3 Å². The predicted molar refractivity (Wildman–Crippen MR) is 64.2 cm³/mol. The van der Waals surface area contributed by atoms with Gasteiger partial charge < -0.3 is 15.0 Å². The summed E-state index contributed by atoms with van der Waals surface area (Å²) in [5, 5.41) is 3.45. The summed E-state index contributed by atoms with van der Waals surface area (Å²) < 4.78 is 5.27. The highest BCUT2D eigenvalue weighted by atomic mass is 16.5. The Kier molecular flexibility index (Phi) is 6.98. The SMILES string of the molecule is CCOCCCNCCN(C)CC1CC1. The van der Waals surface area contributed by atoms with Gasteiger partial charge in [-0.3, -0.25) is 0 Å². The van der Waals surface area contributed by atoms with Crippen LogP contribution in [0.15, 0.2) is 0 Å². The van der Waals surface area contributed by atoms with Gasteiger partial charge in [0.05, 0.1) is 0 Å². The Morgan fingerprint density at radius 2 is 2.13 bits per heavy atom. The fourth-order valence-corrected chi connectivity index (χ4v) is 1.67. The summed E-state index contributed by atoms with van der Waals surface area (Å²) in [5.74, 6) is 1.01. The molecule has 1 N–H and O–H groups in total. The van der Waals surface area contributed by atoms with Crippen LogP contribution in [0.5, 0.6) is 0 Å². The third-order valence-electron chi connectivity index (χ3n) is 2.78. The molecule has 0 aromatic heterocycles. The van der Waals surface area contributed by atoms with E-state index in [0.29, 0.717) is 0 Å². The minimum Gasteiger partial charge on any atom is -0.382 e. The molecule has 15 heavy (non-hydrogen) atoms. The summed E-state index contributed by atoms with van der Waals surface area (Å²) in [5.41, 5.74) is 0. The van der Waals surface area contributed by atoms with E-state index < -0.39 is 0 Å². The van der Waals surface area contributed by atoms with Crippen molar-refractivity contribution < 1.29 is 4.74 Å². The van der Waals surface area contributed by atoms with E-state index in [4.69, 9.17) is 4.74 Å². The summed E-state index contributed by atoms with van der Waals surface area (Å²) in [6, 6.07) is 0. The molecule has 3 nitrogen and oxygen atoms in total. The molecular weight excluding hydrogens is 188 g/mol. The number of rotatable bonds is 10. The van der Waals surface area contributed by atoms with Crippen LogP contribution in [0.2, 0.25) is 0 Å². The third kappa shape index (κ3) is 7.77. The van der Waals surface area contributed by atoms with Crippen LogP contribution in [0.3, 0.4) is 0 Å². The number of nitrogens with zero attached hydrogens (tertiary/aromatic N) is 1. The number of ether oxygens (including phenoxy) is 1. The van der Waals surface area contributed by atoms with Gasteiger partial charge in [0, 0.05) is 32.8 Å². The van der Waals surface area contributed by atoms with Gasteiger partial charge in [-0.1, -0.05) is 0 Å². The van der Waals surface area contributed by atoms with Gasteiger partial charge in [-0.25, -0.2) is 0 Å². The molecule has 0 aromatic carbocycles. The van der Waals surface area contributed by atoms with Crippen LogP contribution in [0.1, 0.15) is 26.2 Å². The molecule has 0 atom stereocenters. The van der Waals surface area contributed by atoms with E-state index in [1.807, 2.05) is 6.92 Å². The van der Waals surface area contributed by atoms with Crippen molar-refractivity contribution in [3.05, 3.63) is 0 Å². The lowest BCUT2D eigenvalue weighted by Crippen LogP contribution is -2.31. The molecule has 0 heterocycles. The third-order valence-corrected chi connectivity index (χ3v) is 2.78. The van der Waals surface area contributed by atoms with Gasteiger partial charge in [-0.05, 0) is 45.7 Å². The first kappa shape index (κ1) is 12.9. The molecule has 0 unspecified atom stereocenters. The molecular formula is C12H26N2O. The molecule has 1 aliphatic rings. The van der Waals surface area contributed by atoms with Gasteiger partial charge in [0.2, 0.25) is 0 Å². The molecule has 1 saturated carbocycles. The second-order valence-corrected chi connectivity index (χ2v) is 4.51. The van der Waals surface area contributed by atoms with E-state index in [-0.39, 0.29) is 0 Å². The zero-order valence-corrected chi connectivity index (χ0v) is 10.3. The summed E-state index contributed by atoms with van der Waals surface area (Å²) in [6.07, 6.45) is 4.03. The smallest absolute Gasteiger partial charge is 0.0477 e. The Bertz CT molecular complexity index is 149. The first-order valence-corrected chi connectivity index (χ1v) is 6.30. The molecule has 0 aromatic rings. The maximum absolute atomic E-state index is 5.27. The topological polar surface area (TPSA) is 24.5 Å². The zero-order valence-electron chi connectivity index (χ0n) is 10.3. The van der Waals surface area contributed by atoms with Crippen LogP contribution in [-0.2, 0) is 4.74 Å². The Hall–Kier alpha value is -0.120. The Labute approximate surface area is 94.2 Å². The van der Waals surface area contributed by atoms with Crippen molar-refractivity contribution in [1.29, 1.82) is 0 Å². The molecule has 90 valence electrons. The lowest BCUT2D eigenvalue weighted by Gasteiger charge is -2.16. The van der Waals surface area contributed by atoms with Gasteiger partial charge in [0.1, 0.15) is 0 Å². The first-order chi connectivity index (χ1) is 7.33. The van der Waals surface area contributed by atoms with Crippen LogP contribution < -0.4 is 5.32 Å². The second kappa shape index (κ2) is 8.08. The number of nitrogens with one attached hydrogen (secondary N) is 1. The fourth-order valence-electron chi connectivity index (χ4n) is 1.67. The van der Waals surface area contributed by atoms with Crippen molar-refractivity contribution in [2.75, 3.05) is 46.4 Å². The average Bonchev–Trinajstić information content (AvgIpc) is 3.00. The molecule has 1 fully saturated rings. The van der Waals surface area contributed by atoms with Crippen molar-refractivity contribution in [3.8, 4) is 0 Å². The minimum atomic E-state index is 0.837. The largest absolute Gasteiger partial charge is 0.382 e. The van der Waals surface area contributed by atoms with Gasteiger partial charge in [0.15, 0.2) is 0 Å². The number of hydrogen-bond donors (Lipinski definition) is 1. The van der Waals surface area contributed by atoms with Gasteiger partial charge in [-0.2, -0.15) is 0 Å². The van der Waals surface area contributed by atoms with Crippen molar-refractivity contribution in [2.24, 2.45) is 5.92 Å². The monoisotopic (exact) mass is 214 g/mol. The second-order valence-electron chi connectivity index (χ2n) is 4.51. The summed E-state index contributed by atoms with van der Waals surface area (Å²) >= 11 is 0. The van der Waals surface area contributed by atoms with E-state index in [1.165, 1.54) is 25.9 Å². The van der Waals surface area contributed by atoms with E-state index in [1.54, 1.807) is 0 Å². The van der Waals surface area contributed by atoms with Crippen LogP contribution in [0.4, 0.5) is 0 Å².